The fourth-order valence-electron chi connectivity index (χ4n) is 5.28. The Morgan fingerprint density at radius 2 is 1.89 bits per heavy atom. The fourth-order valence-corrected chi connectivity index (χ4v) is 5.28. The Hall–Kier alpha value is -3.91. The first-order valence-corrected chi connectivity index (χ1v) is 12.2. The van der Waals surface area contributed by atoms with Gasteiger partial charge in [0.1, 0.15) is 16.8 Å². The predicted molar refractivity (Wildman–Crippen MR) is 139 cm³/mol. The van der Waals surface area contributed by atoms with Crippen molar-refractivity contribution in [2.75, 3.05) is 45.6 Å². The number of ether oxygens (including phenoxy) is 1. The first kappa shape index (κ1) is 22.5. The van der Waals surface area contributed by atoms with Crippen LogP contribution in [0.2, 0.25) is 0 Å². The Bertz CT molecular complexity index is 1590. The van der Waals surface area contributed by atoms with Crippen LogP contribution < -0.4 is 15.5 Å². The van der Waals surface area contributed by atoms with E-state index in [1.807, 2.05) is 41.0 Å². The van der Waals surface area contributed by atoms with Gasteiger partial charge in [0.05, 0.1) is 11.1 Å². The number of nitrogens with one attached hydrogen (secondary N) is 1. The topological polar surface area (TPSA) is 66.8 Å². The highest BCUT2D eigenvalue weighted by molar-refractivity contribution is 6.03. The minimum Gasteiger partial charge on any atom is -0.451 e. The molecule has 0 bridgehead atoms. The van der Waals surface area contributed by atoms with Gasteiger partial charge in [-0.05, 0) is 43.5 Å². The molecule has 1 N–H and O–H groups in total. The number of fused-ring (bicyclic) bond motifs is 4. The smallest absolute Gasteiger partial charge is 0.258 e. The third-order valence-electron chi connectivity index (χ3n) is 7.08. The average Bonchev–Trinajstić information content (AvgIpc) is 3.40. The number of likely N-dealkylation sites (tertiary alicyclic amines) is 1. The number of carbonyl (C=O) groups excluding carboxylic acids is 1. The van der Waals surface area contributed by atoms with Gasteiger partial charge < -0.3 is 24.4 Å². The van der Waals surface area contributed by atoms with Crippen molar-refractivity contribution in [2.24, 2.45) is 0 Å². The quantitative estimate of drug-likeness (QED) is 0.393. The SMILES string of the molecule is CN(C)C(=O)c1cn2c3c(c(NCCN4CCCC4)c(F)cc3c1=O)Oc1ccc3ccccc3c1-2. The van der Waals surface area contributed by atoms with Gasteiger partial charge in [0.15, 0.2) is 17.3 Å². The molecular formula is C28H27FN4O3. The monoisotopic (exact) mass is 486 g/mol. The molecule has 3 heterocycles. The highest BCUT2D eigenvalue weighted by Gasteiger charge is 2.30. The largest absolute Gasteiger partial charge is 0.451 e. The second-order valence-corrected chi connectivity index (χ2v) is 9.61. The molecular weight excluding hydrogens is 459 g/mol. The molecule has 2 aliphatic rings. The van der Waals surface area contributed by atoms with Crippen LogP contribution in [0.15, 0.2) is 53.5 Å². The van der Waals surface area contributed by atoms with Crippen molar-refractivity contribution in [3.63, 3.8) is 0 Å². The molecule has 0 unspecified atom stereocenters. The molecule has 4 aromatic rings. The van der Waals surface area contributed by atoms with Crippen LogP contribution in [0.4, 0.5) is 10.1 Å². The number of rotatable bonds is 5. The fraction of sp³-hybridized carbons (Fsp3) is 0.286. The van der Waals surface area contributed by atoms with E-state index in [4.69, 9.17) is 4.74 Å². The van der Waals surface area contributed by atoms with Crippen molar-refractivity contribution in [1.82, 2.24) is 14.4 Å². The molecule has 184 valence electrons. The molecule has 1 saturated heterocycles. The van der Waals surface area contributed by atoms with Gasteiger partial charge in [-0.25, -0.2) is 4.39 Å². The molecule has 7 nitrogen and oxygen atoms in total. The van der Waals surface area contributed by atoms with Gasteiger partial charge in [0.2, 0.25) is 5.43 Å². The van der Waals surface area contributed by atoms with Gasteiger partial charge in [-0.1, -0.05) is 30.3 Å². The van der Waals surface area contributed by atoms with E-state index in [2.05, 4.69) is 10.2 Å². The summed E-state index contributed by atoms with van der Waals surface area (Å²) in [5.74, 6) is -0.229. The van der Waals surface area contributed by atoms with Gasteiger partial charge in [-0.15, -0.1) is 0 Å². The number of aromatic nitrogens is 1. The lowest BCUT2D eigenvalue weighted by molar-refractivity contribution is 0.0826. The minimum absolute atomic E-state index is 0.0200. The summed E-state index contributed by atoms with van der Waals surface area (Å²) in [6.07, 6.45) is 3.93. The summed E-state index contributed by atoms with van der Waals surface area (Å²) in [5.41, 5.74) is 0.849. The van der Waals surface area contributed by atoms with Gasteiger partial charge >= 0.3 is 0 Å². The highest BCUT2D eigenvalue weighted by atomic mass is 19.1. The van der Waals surface area contributed by atoms with Gasteiger partial charge in [0, 0.05) is 38.8 Å². The lowest BCUT2D eigenvalue weighted by Gasteiger charge is -2.27. The molecule has 36 heavy (non-hydrogen) atoms. The van der Waals surface area contributed by atoms with E-state index in [1.165, 1.54) is 23.8 Å². The number of halogens is 1. The number of anilines is 1. The average molecular weight is 487 g/mol. The van der Waals surface area contributed by atoms with Gasteiger partial charge in [-0.2, -0.15) is 0 Å². The second-order valence-electron chi connectivity index (χ2n) is 9.61. The van der Waals surface area contributed by atoms with Crippen LogP contribution in [-0.4, -0.2) is 60.5 Å². The minimum atomic E-state index is -0.582. The van der Waals surface area contributed by atoms with E-state index in [9.17, 15) is 9.59 Å². The first-order valence-electron chi connectivity index (χ1n) is 12.2. The van der Waals surface area contributed by atoms with Crippen molar-refractivity contribution in [1.29, 1.82) is 0 Å². The van der Waals surface area contributed by atoms with E-state index >= 15 is 4.39 Å². The van der Waals surface area contributed by atoms with E-state index < -0.39 is 17.2 Å². The van der Waals surface area contributed by atoms with Crippen molar-refractivity contribution < 1.29 is 13.9 Å². The maximum atomic E-state index is 15.5. The Morgan fingerprint density at radius 1 is 1.11 bits per heavy atom. The molecule has 0 atom stereocenters. The molecule has 1 fully saturated rings. The Kier molecular flexibility index (Phi) is 5.41. The zero-order valence-corrected chi connectivity index (χ0v) is 20.3. The van der Waals surface area contributed by atoms with Gasteiger partial charge in [-0.3, -0.25) is 9.59 Å². The Morgan fingerprint density at radius 3 is 2.67 bits per heavy atom. The standard InChI is InChI=1S/C28H27FN4O3/c1-31(2)28(35)20-16-33-24-18-8-4-3-7-17(18)9-10-22(24)36-27-23(30-11-14-32-12-5-6-13-32)21(29)15-19(25(27)33)26(20)34/h3-4,7-10,15-16,30H,5-6,11-14H2,1-2H3. The zero-order valence-electron chi connectivity index (χ0n) is 20.3. The Labute approximate surface area is 207 Å². The lowest BCUT2D eigenvalue weighted by atomic mass is 10.0. The third-order valence-corrected chi connectivity index (χ3v) is 7.08. The molecule has 6 rings (SSSR count). The van der Waals surface area contributed by atoms with Crippen molar-refractivity contribution in [3.05, 3.63) is 70.3 Å². The zero-order chi connectivity index (χ0) is 25.0. The Balaban J connectivity index is 1.59. The van der Waals surface area contributed by atoms with Crippen LogP contribution in [0.5, 0.6) is 11.5 Å². The summed E-state index contributed by atoms with van der Waals surface area (Å²) in [7, 11) is 3.18. The van der Waals surface area contributed by atoms with Crippen LogP contribution in [0.25, 0.3) is 27.4 Å². The first-order chi connectivity index (χ1) is 17.4. The third kappa shape index (κ3) is 3.52. The van der Waals surface area contributed by atoms with Crippen LogP contribution >= 0.6 is 0 Å². The molecule has 8 heteroatoms. The van der Waals surface area contributed by atoms with E-state index in [1.54, 1.807) is 20.3 Å². The van der Waals surface area contributed by atoms with E-state index in [0.29, 0.717) is 23.5 Å². The van der Waals surface area contributed by atoms with E-state index in [0.717, 1.165) is 30.4 Å². The van der Waals surface area contributed by atoms with Crippen LogP contribution in [0.1, 0.15) is 23.2 Å². The number of hydrogen-bond acceptors (Lipinski definition) is 5. The summed E-state index contributed by atoms with van der Waals surface area (Å²) in [5, 5.41) is 5.23. The summed E-state index contributed by atoms with van der Waals surface area (Å²) in [6, 6.07) is 12.9. The number of benzene rings is 3. The maximum absolute atomic E-state index is 15.5. The number of carbonyl (C=O) groups is 1. The van der Waals surface area contributed by atoms with Crippen molar-refractivity contribution in [3.8, 4) is 17.2 Å². The number of nitrogens with zero attached hydrogens (tertiary/aromatic N) is 3. The normalized spacial score (nSPS) is 14.6. The van der Waals surface area contributed by atoms with Gasteiger partial charge in [0.25, 0.3) is 5.91 Å². The van der Waals surface area contributed by atoms with E-state index in [-0.39, 0.29) is 22.4 Å². The molecule has 2 aliphatic heterocycles. The number of hydrogen-bond donors (Lipinski definition) is 1. The molecule has 0 aliphatic carbocycles. The van der Waals surface area contributed by atoms with Crippen LogP contribution in [0, 0.1) is 5.82 Å². The number of amides is 1. The summed E-state index contributed by atoms with van der Waals surface area (Å²) in [4.78, 5) is 30.1. The molecule has 0 saturated carbocycles. The molecule has 0 spiro atoms. The molecule has 1 aromatic heterocycles. The maximum Gasteiger partial charge on any atom is 0.258 e. The number of pyridine rings is 1. The second kappa shape index (κ2) is 8.64. The molecule has 3 aromatic carbocycles. The molecule has 0 radical (unpaired) electrons. The predicted octanol–water partition coefficient (Wildman–Crippen LogP) is 4.60. The van der Waals surface area contributed by atoms with Crippen molar-refractivity contribution in [2.45, 2.75) is 12.8 Å². The molecule has 1 amide bonds. The highest BCUT2D eigenvalue weighted by Crippen LogP contribution is 2.47. The van der Waals surface area contributed by atoms with Crippen LogP contribution in [-0.2, 0) is 0 Å². The summed E-state index contributed by atoms with van der Waals surface area (Å²) < 4.78 is 23.7. The summed E-state index contributed by atoms with van der Waals surface area (Å²) >= 11 is 0. The van der Waals surface area contributed by atoms with Crippen molar-refractivity contribution >= 4 is 33.3 Å². The van der Waals surface area contributed by atoms with Crippen LogP contribution in [0.3, 0.4) is 0 Å². The summed E-state index contributed by atoms with van der Waals surface area (Å²) in [6.45, 7) is 3.44. The lowest BCUT2D eigenvalue weighted by Crippen LogP contribution is -2.29.